The maximum absolute atomic E-state index is 12.7. The normalized spacial score (nSPS) is 13.3. The van der Waals surface area contributed by atoms with E-state index in [9.17, 15) is 9.59 Å². The highest BCUT2D eigenvalue weighted by Crippen LogP contribution is 2.29. The molecule has 4 nitrogen and oxygen atoms in total. The first-order chi connectivity index (χ1) is 12.6. The van der Waals surface area contributed by atoms with Gasteiger partial charge in [-0.1, -0.05) is 23.7 Å². The predicted molar refractivity (Wildman–Crippen MR) is 102 cm³/mol. The Morgan fingerprint density at radius 3 is 2.27 bits per heavy atom. The molecule has 1 saturated carbocycles. The molecule has 2 aromatic rings. The van der Waals surface area contributed by atoms with Gasteiger partial charge in [-0.2, -0.15) is 0 Å². The quantitative estimate of drug-likeness (QED) is 0.642. The fraction of sp³-hybridized carbons (Fsp3) is 0.333. The van der Waals surface area contributed by atoms with Crippen molar-refractivity contribution in [3.8, 4) is 5.75 Å². The zero-order valence-electron chi connectivity index (χ0n) is 14.8. The van der Waals surface area contributed by atoms with Crippen LogP contribution in [0, 0.1) is 0 Å². The van der Waals surface area contributed by atoms with E-state index in [1.807, 2.05) is 29.2 Å². The molecule has 1 amide bonds. The van der Waals surface area contributed by atoms with Crippen LogP contribution >= 0.6 is 11.6 Å². The smallest absolute Gasteiger partial charge is 0.223 e. The number of ether oxygens (including phenoxy) is 1. The van der Waals surface area contributed by atoms with E-state index >= 15 is 0 Å². The van der Waals surface area contributed by atoms with Crippen molar-refractivity contribution in [3.05, 3.63) is 64.7 Å². The summed E-state index contributed by atoms with van der Waals surface area (Å²) in [5.41, 5.74) is 1.66. The van der Waals surface area contributed by atoms with Crippen LogP contribution in [0.25, 0.3) is 0 Å². The molecule has 1 fully saturated rings. The third-order valence-electron chi connectivity index (χ3n) is 4.55. The zero-order valence-corrected chi connectivity index (χ0v) is 15.5. The first kappa shape index (κ1) is 18.5. The molecule has 3 rings (SSSR count). The van der Waals surface area contributed by atoms with Crippen LogP contribution in [0.5, 0.6) is 5.75 Å². The molecule has 1 aliphatic carbocycles. The topological polar surface area (TPSA) is 46.6 Å². The molecule has 0 bridgehead atoms. The Morgan fingerprint density at radius 2 is 1.69 bits per heavy atom. The van der Waals surface area contributed by atoms with Crippen molar-refractivity contribution in [2.75, 3.05) is 7.11 Å². The van der Waals surface area contributed by atoms with Gasteiger partial charge in [-0.3, -0.25) is 9.59 Å². The first-order valence-electron chi connectivity index (χ1n) is 8.78. The van der Waals surface area contributed by atoms with E-state index in [0.29, 0.717) is 23.2 Å². The fourth-order valence-corrected chi connectivity index (χ4v) is 3.00. The number of ketones is 1. The summed E-state index contributed by atoms with van der Waals surface area (Å²) in [5, 5.41) is 0.594. The lowest BCUT2D eigenvalue weighted by molar-refractivity contribution is -0.132. The molecule has 0 N–H and O–H groups in total. The molecule has 5 heteroatoms. The average Bonchev–Trinajstić information content (AvgIpc) is 3.50. The molecular weight excluding hydrogens is 350 g/mol. The number of Topliss-reactive ketones (excluding diaryl/α,β-unsaturated/α-hetero) is 1. The number of hydrogen-bond donors (Lipinski definition) is 0. The largest absolute Gasteiger partial charge is 0.497 e. The van der Waals surface area contributed by atoms with Crippen LogP contribution in [-0.2, 0) is 11.3 Å². The predicted octanol–water partition coefficient (Wildman–Crippen LogP) is 4.50. The Balaban J connectivity index is 1.58. The van der Waals surface area contributed by atoms with E-state index in [2.05, 4.69) is 0 Å². The number of amides is 1. The molecule has 0 atom stereocenters. The van der Waals surface area contributed by atoms with E-state index in [0.717, 1.165) is 24.2 Å². The van der Waals surface area contributed by atoms with Crippen LogP contribution in [-0.4, -0.2) is 29.7 Å². The summed E-state index contributed by atoms with van der Waals surface area (Å²) < 4.78 is 5.17. The van der Waals surface area contributed by atoms with Gasteiger partial charge in [0.15, 0.2) is 5.78 Å². The summed E-state index contributed by atoms with van der Waals surface area (Å²) in [6.45, 7) is 0.572. The number of benzene rings is 2. The lowest BCUT2D eigenvalue weighted by atomic mass is 10.1. The highest BCUT2D eigenvalue weighted by Gasteiger charge is 2.32. The van der Waals surface area contributed by atoms with Gasteiger partial charge in [-0.15, -0.1) is 0 Å². The van der Waals surface area contributed by atoms with Crippen molar-refractivity contribution in [1.29, 1.82) is 0 Å². The summed E-state index contributed by atoms with van der Waals surface area (Å²) in [6.07, 6.45) is 2.51. The molecule has 0 aliphatic heterocycles. The van der Waals surface area contributed by atoms with Crippen molar-refractivity contribution in [2.45, 2.75) is 38.3 Å². The van der Waals surface area contributed by atoms with Gasteiger partial charge < -0.3 is 9.64 Å². The number of methoxy groups -OCH3 is 1. The van der Waals surface area contributed by atoms with Crippen LogP contribution in [0.15, 0.2) is 48.5 Å². The number of hydrogen-bond acceptors (Lipinski definition) is 3. The fourth-order valence-electron chi connectivity index (χ4n) is 2.88. The second-order valence-corrected chi connectivity index (χ2v) is 6.97. The van der Waals surface area contributed by atoms with E-state index in [4.69, 9.17) is 16.3 Å². The molecule has 0 spiro atoms. The average molecular weight is 372 g/mol. The van der Waals surface area contributed by atoms with Gasteiger partial charge in [0, 0.05) is 36.0 Å². The second kappa shape index (κ2) is 8.37. The molecule has 0 radical (unpaired) electrons. The molecule has 0 saturated heterocycles. The van der Waals surface area contributed by atoms with Gasteiger partial charge in [0.2, 0.25) is 5.91 Å². The van der Waals surface area contributed by atoms with Crippen molar-refractivity contribution < 1.29 is 14.3 Å². The maximum Gasteiger partial charge on any atom is 0.223 e. The molecule has 136 valence electrons. The number of halogens is 1. The lowest BCUT2D eigenvalue weighted by Gasteiger charge is -2.22. The van der Waals surface area contributed by atoms with Gasteiger partial charge in [0.05, 0.1) is 7.11 Å². The lowest BCUT2D eigenvalue weighted by Crippen LogP contribution is -2.32. The van der Waals surface area contributed by atoms with E-state index in [1.165, 1.54) is 0 Å². The molecular formula is C21H22ClNO3. The number of nitrogens with zero attached hydrogens (tertiary/aromatic N) is 1. The monoisotopic (exact) mass is 371 g/mol. The Kier molecular flexibility index (Phi) is 5.94. The SMILES string of the molecule is COc1ccc(CN(C(=O)CCC(=O)c2ccc(Cl)cc2)C2CC2)cc1. The van der Waals surface area contributed by atoms with E-state index < -0.39 is 0 Å². The Hall–Kier alpha value is -2.33. The Labute approximate surface area is 158 Å². The Bertz CT molecular complexity index is 767. The first-order valence-corrected chi connectivity index (χ1v) is 9.16. The molecule has 2 aromatic carbocycles. The van der Waals surface area contributed by atoms with Gasteiger partial charge in [0.25, 0.3) is 0 Å². The summed E-state index contributed by atoms with van der Waals surface area (Å²) in [6, 6.07) is 14.8. The minimum Gasteiger partial charge on any atom is -0.497 e. The highest BCUT2D eigenvalue weighted by atomic mass is 35.5. The summed E-state index contributed by atoms with van der Waals surface area (Å²) in [5.74, 6) is 0.799. The van der Waals surface area contributed by atoms with Crippen molar-refractivity contribution in [1.82, 2.24) is 4.90 Å². The van der Waals surface area contributed by atoms with Crippen molar-refractivity contribution in [3.63, 3.8) is 0 Å². The Morgan fingerprint density at radius 1 is 1.04 bits per heavy atom. The second-order valence-electron chi connectivity index (χ2n) is 6.53. The standard InChI is InChI=1S/C21H22ClNO3/c1-26-19-10-2-15(3-11-19)14-23(18-8-9-18)21(25)13-12-20(24)16-4-6-17(22)7-5-16/h2-7,10-11,18H,8-9,12-14H2,1H3. The third kappa shape index (κ3) is 4.85. The van der Waals surface area contributed by atoms with E-state index in [-0.39, 0.29) is 24.5 Å². The van der Waals surface area contributed by atoms with Crippen LogP contribution in [0.4, 0.5) is 0 Å². The summed E-state index contributed by atoms with van der Waals surface area (Å²) in [7, 11) is 1.63. The summed E-state index contributed by atoms with van der Waals surface area (Å²) >= 11 is 5.84. The molecule has 1 aliphatic rings. The third-order valence-corrected chi connectivity index (χ3v) is 4.80. The minimum atomic E-state index is -0.0322. The molecule has 0 aromatic heterocycles. The van der Waals surface area contributed by atoms with Crippen LogP contribution in [0.3, 0.4) is 0 Å². The summed E-state index contributed by atoms with van der Waals surface area (Å²) in [4.78, 5) is 26.8. The van der Waals surface area contributed by atoms with Crippen LogP contribution in [0.1, 0.15) is 41.6 Å². The minimum absolute atomic E-state index is 0.0322. The number of carbonyl (C=O) groups is 2. The number of carbonyl (C=O) groups excluding carboxylic acids is 2. The zero-order chi connectivity index (χ0) is 18.5. The van der Waals surface area contributed by atoms with Crippen LogP contribution < -0.4 is 4.74 Å². The van der Waals surface area contributed by atoms with E-state index in [1.54, 1.807) is 31.4 Å². The maximum atomic E-state index is 12.7. The molecule has 26 heavy (non-hydrogen) atoms. The van der Waals surface area contributed by atoms with Crippen LogP contribution in [0.2, 0.25) is 5.02 Å². The molecule has 0 heterocycles. The molecule has 0 unspecified atom stereocenters. The van der Waals surface area contributed by atoms with Gasteiger partial charge >= 0.3 is 0 Å². The van der Waals surface area contributed by atoms with Crippen molar-refractivity contribution >= 4 is 23.3 Å². The van der Waals surface area contributed by atoms with Gasteiger partial charge in [-0.25, -0.2) is 0 Å². The highest BCUT2D eigenvalue weighted by molar-refractivity contribution is 6.30. The van der Waals surface area contributed by atoms with Gasteiger partial charge in [0.1, 0.15) is 5.75 Å². The number of rotatable bonds is 8. The van der Waals surface area contributed by atoms with Crippen molar-refractivity contribution in [2.24, 2.45) is 0 Å². The van der Waals surface area contributed by atoms with Gasteiger partial charge in [-0.05, 0) is 54.8 Å².